The van der Waals surface area contributed by atoms with Gasteiger partial charge in [-0.05, 0) is 55.3 Å². The summed E-state index contributed by atoms with van der Waals surface area (Å²) >= 11 is 0. The van der Waals surface area contributed by atoms with Crippen LogP contribution in [0.3, 0.4) is 0 Å². The molecule has 1 saturated heterocycles. The van der Waals surface area contributed by atoms with Crippen LogP contribution in [0.4, 0.5) is 4.39 Å². The van der Waals surface area contributed by atoms with Crippen LogP contribution in [0.15, 0.2) is 42.5 Å². The third kappa shape index (κ3) is 4.41. The summed E-state index contributed by atoms with van der Waals surface area (Å²) in [5.74, 6) is 0.0361. The minimum absolute atomic E-state index is 0.121. The molecule has 0 unspecified atom stereocenters. The van der Waals surface area contributed by atoms with Gasteiger partial charge in [-0.3, -0.25) is 9.69 Å². The van der Waals surface area contributed by atoms with Crippen LogP contribution in [0.2, 0.25) is 0 Å². The van der Waals surface area contributed by atoms with Gasteiger partial charge in [-0.15, -0.1) is 0 Å². The maximum atomic E-state index is 13.8. The molecule has 138 valence electrons. The van der Waals surface area contributed by atoms with Crippen LogP contribution in [-0.2, 0) is 13.1 Å². The van der Waals surface area contributed by atoms with Crippen molar-refractivity contribution >= 4 is 5.91 Å². The molecule has 1 amide bonds. The number of hydrogen-bond acceptors (Lipinski definition) is 3. The SMILES string of the molecule is COc1ccc(CN(C)Cc2ccc(C(=O)N3CCCC3)cc2)cc1F. The Labute approximate surface area is 154 Å². The quantitative estimate of drug-likeness (QED) is 0.791. The Morgan fingerprint density at radius 3 is 2.31 bits per heavy atom. The van der Waals surface area contributed by atoms with Gasteiger partial charge in [-0.2, -0.15) is 0 Å². The van der Waals surface area contributed by atoms with E-state index < -0.39 is 0 Å². The number of rotatable bonds is 6. The molecule has 1 aliphatic rings. The van der Waals surface area contributed by atoms with Gasteiger partial charge in [0.05, 0.1) is 7.11 Å². The van der Waals surface area contributed by atoms with E-state index in [4.69, 9.17) is 4.74 Å². The van der Waals surface area contributed by atoms with E-state index in [1.54, 1.807) is 6.07 Å². The third-order valence-electron chi connectivity index (χ3n) is 4.72. The zero-order valence-corrected chi connectivity index (χ0v) is 15.4. The Balaban J connectivity index is 1.58. The van der Waals surface area contributed by atoms with Crippen molar-refractivity contribution in [3.05, 3.63) is 65.0 Å². The van der Waals surface area contributed by atoms with Crippen molar-refractivity contribution < 1.29 is 13.9 Å². The molecule has 1 heterocycles. The predicted molar refractivity (Wildman–Crippen MR) is 99.7 cm³/mol. The number of carbonyl (C=O) groups is 1. The summed E-state index contributed by atoms with van der Waals surface area (Å²) in [4.78, 5) is 16.4. The molecular weight excluding hydrogens is 331 g/mol. The average Bonchev–Trinajstić information content (AvgIpc) is 3.16. The van der Waals surface area contributed by atoms with E-state index in [1.165, 1.54) is 13.2 Å². The highest BCUT2D eigenvalue weighted by atomic mass is 19.1. The maximum Gasteiger partial charge on any atom is 0.253 e. The molecule has 0 saturated carbocycles. The fraction of sp³-hybridized carbons (Fsp3) is 0.381. The molecule has 3 rings (SSSR count). The maximum absolute atomic E-state index is 13.8. The van der Waals surface area contributed by atoms with Crippen LogP contribution in [-0.4, -0.2) is 43.0 Å². The molecule has 0 N–H and O–H groups in total. The van der Waals surface area contributed by atoms with Crippen molar-refractivity contribution in [1.29, 1.82) is 0 Å². The predicted octanol–water partition coefficient (Wildman–Crippen LogP) is 3.70. The van der Waals surface area contributed by atoms with E-state index in [0.29, 0.717) is 6.54 Å². The molecule has 0 aromatic heterocycles. The van der Waals surface area contributed by atoms with Crippen molar-refractivity contribution in [2.24, 2.45) is 0 Å². The molecule has 0 atom stereocenters. The topological polar surface area (TPSA) is 32.8 Å². The van der Waals surface area contributed by atoms with Gasteiger partial charge in [0, 0.05) is 31.7 Å². The lowest BCUT2D eigenvalue weighted by atomic mass is 10.1. The smallest absolute Gasteiger partial charge is 0.253 e. The molecule has 2 aromatic carbocycles. The molecule has 1 aliphatic heterocycles. The normalized spacial score (nSPS) is 14.1. The van der Waals surface area contributed by atoms with E-state index in [9.17, 15) is 9.18 Å². The van der Waals surface area contributed by atoms with Gasteiger partial charge in [-0.1, -0.05) is 18.2 Å². The summed E-state index contributed by atoms with van der Waals surface area (Å²) in [7, 11) is 3.45. The first-order valence-corrected chi connectivity index (χ1v) is 8.96. The molecule has 1 fully saturated rings. The zero-order chi connectivity index (χ0) is 18.5. The standard InChI is InChI=1S/C21H25FN2O2/c1-23(15-17-7-10-20(26-2)19(22)13-17)14-16-5-8-18(9-6-16)21(25)24-11-3-4-12-24/h5-10,13H,3-4,11-12,14-15H2,1-2H3. The number of nitrogens with zero attached hydrogens (tertiary/aromatic N) is 2. The first-order chi connectivity index (χ1) is 12.6. The van der Waals surface area contributed by atoms with Crippen LogP contribution in [0.1, 0.15) is 34.3 Å². The van der Waals surface area contributed by atoms with Crippen molar-refractivity contribution in [3.63, 3.8) is 0 Å². The first-order valence-electron chi connectivity index (χ1n) is 8.96. The van der Waals surface area contributed by atoms with Crippen LogP contribution in [0, 0.1) is 5.82 Å². The lowest BCUT2D eigenvalue weighted by molar-refractivity contribution is 0.0793. The Hall–Kier alpha value is -2.40. The molecule has 0 radical (unpaired) electrons. The van der Waals surface area contributed by atoms with Crippen LogP contribution < -0.4 is 4.74 Å². The van der Waals surface area contributed by atoms with Gasteiger partial charge in [0.2, 0.25) is 0 Å². The Kier molecular flexibility index (Phi) is 5.89. The van der Waals surface area contributed by atoms with Crippen molar-refractivity contribution in [3.8, 4) is 5.75 Å². The molecule has 26 heavy (non-hydrogen) atoms. The lowest BCUT2D eigenvalue weighted by Crippen LogP contribution is -2.27. The largest absolute Gasteiger partial charge is 0.494 e. The van der Waals surface area contributed by atoms with Crippen molar-refractivity contribution in [1.82, 2.24) is 9.80 Å². The number of likely N-dealkylation sites (tertiary alicyclic amines) is 1. The van der Waals surface area contributed by atoms with Crippen LogP contribution in [0.25, 0.3) is 0 Å². The monoisotopic (exact) mass is 356 g/mol. The van der Waals surface area contributed by atoms with E-state index in [-0.39, 0.29) is 17.5 Å². The van der Waals surface area contributed by atoms with Gasteiger partial charge >= 0.3 is 0 Å². The summed E-state index contributed by atoms with van der Waals surface area (Å²) in [6, 6.07) is 12.8. The minimum atomic E-state index is -0.344. The Morgan fingerprint density at radius 1 is 1.08 bits per heavy atom. The highest BCUT2D eigenvalue weighted by Crippen LogP contribution is 2.19. The van der Waals surface area contributed by atoms with E-state index >= 15 is 0 Å². The molecule has 5 heteroatoms. The number of ether oxygens (including phenoxy) is 1. The second-order valence-electron chi connectivity index (χ2n) is 6.84. The number of hydrogen-bond donors (Lipinski definition) is 0. The summed E-state index contributed by atoms with van der Waals surface area (Å²) in [6.45, 7) is 3.09. The fourth-order valence-electron chi connectivity index (χ4n) is 3.34. The Morgan fingerprint density at radius 2 is 1.69 bits per heavy atom. The highest BCUT2D eigenvalue weighted by Gasteiger charge is 2.19. The van der Waals surface area contributed by atoms with Gasteiger partial charge in [0.25, 0.3) is 5.91 Å². The zero-order valence-electron chi connectivity index (χ0n) is 15.4. The third-order valence-corrected chi connectivity index (χ3v) is 4.72. The fourth-order valence-corrected chi connectivity index (χ4v) is 3.34. The summed E-state index contributed by atoms with van der Waals surface area (Å²) in [6.07, 6.45) is 2.20. The number of methoxy groups -OCH3 is 1. The minimum Gasteiger partial charge on any atom is -0.494 e. The molecule has 0 spiro atoms. The van der Waals surface area contributed by atoms with Gasteiger partial charge < -0.3 is 9.64 Å². The number of benzene rings is 2. The Bertz CT molecular complexity index is 755. The van der Waals surface area contributed by atoms with Crippen LogP contribution in [0.5, 0.6) is 5.75 Å². The number of halogens is 1. The van der Waals surface area contributed by atoms with Crippen molar-refractivity contribution in [2.75, 3.05) is 27.2 Å². The van der Waals surface area contributed by atoms with E-state index in [1.807, 2.05) is 42.3 Å². The average molecular weight is 356 g/mol. The van der Waals surface area contributed by atoms with E-state index in [0.717, 1.165) is 49.2 Å². The first kappa shape index (κ1) is 18.4. The van der Waals surface area contributed by atoms with Gasteiger partial charge in [0.15, 0.2) is 11.6 Å². The summed E-state index contributed by atoms with van der Waals surface area (Å²) < 4.78 is 18.7. The second kappa shape index (κ2) is 8.32. The van der Waals surface area contributed by atoms with Gasteiger partial charge in [-0.25, -0.2) is 4.39 Å². The van der Waals surface area contributed by atoms with Crippen molar-refractivity contribution in [2.45, 2.75) is 25.9 Å². The number of amides is 1. The summed E-state index contributed by atoms with van der Waals surface area (Å²) in [5.41, 5.74) is 2.77. The molecule has 0 bridgehead atoms. The van der Waals surface area contributed by atoms with E-state index in [2.05, 4.69) is 4.90 Å². The second-order valence-corrected chi connectivity index (χ2v) is 6.84. The molecule has 4 nitrogen and oxygen atoms in total. The van der Waals surface area contributed by atoms with Gasteiger partial charge in [0.1, 0.15) is 0 Å². The molecular formula is C21H25FN2O2. The summed E-state index contributed by atoms with van der Waals surface area (Å²) in [5, 5.41) is 0. The number of carbonyl (C=O) groups excluding carboxylic acids is 1. The molecule has 2 aromatic rings. The lowest BCUT2D eigenvalue weighted by Gasteiger charge is -2.18. The molecule has 0 aliphatic carbocycles. The van der Waals surface area contributed by atoms with Crippen LogP contribution >= 0.6 is 0 Å². The highest BCUT2D eigenvalue weighted by molar-refractivity contribution is 5.94.